The molecule has 33 heavy (non-hydrogen) atoms. The van der Waals surface area contributed by atoms with Crippen molar-refractivity contribution < 1.29 is 5.11 Å². The lowest BCUT2D eigenvalue weighted by Gasteiger charge is -2.20. The molecule has 0 fully saturated rings. The van der Waals surface area contributed by atoms with Gasteiger partial charge >= 0.3 is 5.69 Å². The molecule has 0 spiro atoms. The molecule has 1 atom stereocenters. The van der Waals surface area contributed by atoms with Gasteiger partial charge < -0.3 is 9.67 Å². The van der Waals surface area contributed by atoms with E-state index < -0.39 is 11.3 Å². The number of imidazole rings is 1. The Morgan fingerprint density at radius 2 is 1.73 bits per heavy atom. The van der Waals surface area contributed by atoms with E-state index in [-0.39, 0.29) is 30.9 Å². The predicted molar refractivity (Wildman–Crippen MR) is 136 cm³/mol. The molecular weight excluding hydrogens is 442 g/mol. The number of fused-ring (bicyclic) bond motifs is 1. The molecule has 2 aromatic rings. The monoisotopic (exact) mass is 481 g/mol. The van der Waals surface area contributed by atoms with Gasteiger partial charge in [-0.05, 0) is 39.3 Å². The summed E-state index contributed by atoms with van der Waals surface area (Å²) in [5.74, 6) is 6.06. The van der Waals surface area contributed by atoms with Crippen LogP contribution in [-0.4, -0.2) is 53.9 Å². The molecule has 2 aromatic heterocycles. The van der Waals surface area contributed by atoms with E-state index in [1.165, 1.54) is 9.13 Å². The lowest BCUT2D eigenvalue weighted by molar-refractivity contribution is 0.105. The highest BCUT2D eigenvalue weighted by atomic mass is 35.5. The molecule has 0 amide bonds. The van der Waals surface area contributed by atoms with Gasteiger partial charge in [-0.25, -0.2) is 9.78 Å². The second kappa shape index (κ2) is 13.6. The van der Waals surface area contributed by atoms with Crippen LogP contribution in [-0.2, 0) is 20.1 Å². The quantitative estimate of drug-likeness (QED) is 0.471. The van der Waals surface area contributed by atoms with Gasteiger partial charge in [-0.3, -0.25) is 18.8 Å². The van der Waals surface area contributed by atoms with Crippen LogP contribution in [0.1, 0.15) is 66.2 Å². The van der Waals surface area contributed by atoms with E-state index in [2.05, 4.69) is 35.6 Å². The molecule has 0 aliphatic rings. The SMILES string of the molecule is CCCCN(CC#CC(C)(O)CCn1c(=O)c2c(ncn2CCC)n(C)c1=O)CCCC.Cl. The van der Waals surface area contributed by atoms with Crippen LogP contribution in [0.4, 0.5) is 0 Å². The number of halogens is 1. The number of unbranched alkanes of at least 4 members (excludes halogenated alkanes) is 2. The molecule has 0 bridgehead atoms. The summed E-state index contributed by atoms with van der Waals surface area (Å²) in [6.45, 7) is 11.4. The van der Waals surface area contributed by atoms with Crippen molar-refractivity contribution in [3.63, 3.8) is 0 Å². The maximum atomic E-state index is 13.0. The summed E-state index contributed by atoms with van der Waals surface area (Å²) in [7, 11) is 1.61. The zero-order valence-corrected chi connectivity index (χ0v) is 21.6. The third-order valence-electron chi connectivity index (χ3n) is 5.70. The van der Waals surface area contributed by atoms with Gasteiger partial charge in [0.2, 0.25) is 0 Å². The number of rotatable bonds is 12. The highest BCUT2D eigenvalue weighted by Crippen LogP contribution is 2.10. The molecule has 0 saturated carbocycles. The Morgan fingerprint density at radius 1 is 1.09 bits per heavy atom. The van der Waals surface area contributed by atoms with Crippen molar-refractivity contribution in [2.75, 3.05) is 19.6 Å². The molecule has 0 saturated heterocycles. The molecule has 2 rings (SSSR count). The maximum absolute atomic E-state index is 13.0. The molecule has 0 aromatic carbocycles. The Labute approximate surface area is 203 Å². The van der Waals surface area contributed by atoms with E-state index in [1.54, 1.807) is 24.9 Å². The lowest BCUT2D eigenvalue weighted by atomic mass is 10.0. The maximum Gasteiger partial charge on any atom is 0.332 e. The molecule has 1 unspecified atom stereocenters. The number of aryl methyl sites for hydroxylation is 2. The first kappa shape index (κ1) is 29.0. The zero-order valence-electron chi connectivity index (χ0n) is 20.8. The third kappa shape index (κ3) is 7.73. The minimum Gasteiger partial charge on any atom is -0.378 e. The molecule has 1 N–H and O–H groups in total. The minimum atomic E-state index is -1.29. The van der Waals surface area contributed by atoms with Crippen LogP contribution < -0.4 is 11.2 Å². The Bertz CT molecular complexity index is 1050. The van der Waals surface area contributed by atoms with Gasteiger partial charge in [0.25, 0.3) is 5.56 Å². The van der Waals surface area contributed by atoms with Crippen LogP contribution in [0.15, 0.2) is 15.9 Å². The number of aromatic nitrogens is 4. The second-order valence-corrected chi connectivity index (χ2v) is 8.72. The van der Waals surface area contributed by atoms with Crippen molar-refractivity contribution in [3.8, 4) is 11.8 Å². The largest absolute Gasteiger partial charge is 0.378 e. The van der Waals surface area contributed by atoms with Crippen molar-refractivity contribution >= 4 is 23.6 Å². The van der Waals surface area contributed by atoms with Crippen LogP contribution >= 0.6 is 12.4 Å². The standard InChI is InChI=1S/C24H39N5O3.ClH/c1-6-9-15-27(16-10-7-2)17-11-12-24(4,32)13-18-29-22(30)20-21(26(5)23(29)31)25-19-28(20)14-8-3;/h19,32H,6-10,13-18H2,1-5H3;1H. The average molecular weight is 482 g/mol. The summed E-state index contributed by atoms with van der Waals surface area (Å²) in [5, 5.41) is 10.8. The van der Waals surface area contributed by atoms with Crippen LogP contribution in [0.2, 0.25) is 0 Å². The fourth-order valence-electron chi connectivity index (χ4n) is 3.70. The lowest BCUT2D eigenvalue weighted by Crippen LogP contribution is -2.41. The summed E-state index contributed by atoms with van der Waals surface area (Å²) in [6.07, 6.45) is 7.18. The van der Waals surface area contributed by atoms with Crippen LogP contribution in [0.5, 0.6) is 0 Å². The predicted octanol–water partition coefficient (Wildman–Crippen LogP) is 2.78. The highest BCUT2D eigenvalue weighted by molar-refractivity contribution is 5.85. The van der Waals surface area contributed by atoms with E-state index in [9.17, 15) is 14.7 Å². The zero-order chi connectivity index (χ0) is 23.7. The summed E-state index contributed by atoms with van der Waals surface area (Å²) >= 11 is 0. The normalized spacial score (nSPS) is 12.9. The topological polar surface area (TPSA) is 85.3 Å². The molecule has 0 aliphatic carbocycles. The molecular formula is C24H40ClN5O3. The van der Waals surface area contributed by atoms with Gasteiger partial charge in [-0.15, -0.1) is 12.4 Å². The Hall–Kier alpha value is -2.08. The van der Waals surface area contributed by atoms with Crippen LogP contribution in [0, 0.1) is 11.8 Å². The van der Waals surface area contributed by atoms with Gasteiger partial charge in [0.05, 0.1) is 12.9 Å². The highest BCUT2D eigenvalue weighted by Gasteiger charge is 2.21. The van der Waals surface area contributed by atoms with E-state index in [4.69, 9.17) is 0 Å². The first-order valence-electron chi connectivity index (χ1n) is 11.8. The summed E-state index contributed by atoms with van der Waals surface area (Å²) in [4.78, 5) is 32.4. The summed E-state index contributed by atoms with van der Waals surface area (Å²) in [6, 6.07) is 0. The van der Waals surface area contributed by atoms with Crippen molar-refractivity contribution in [3.05, 3.63) is 27.2 Å². The van der Waals surface area contributed by atoms with Crippen molar-refractivity contribution in [1.82, 2.24) is 23.6 Å². The smallest absolute Gasteiger partial charge is 0.332 e. The molecule has 8 nitrogen and oxygen atoms in total. The summed E-state index contributed by atoms with van der Waals surface area (Å²) < 4.78 is 4.36. The van der Waals surface area contributed by atoms with Crippen molar-refractivity contribution in [1.29, 1.82) is 0 Å². The molecule has 0 radical (unpaired) electrons. The fourth-order valence-corrected chi connectivity index (χ4v) is 3.70. The van der Waals surface area contributed by atoms with E-state index in [0.29, 0.717) is 24.3 Å². The first-order valence-corrected chi connectivity index (χ1v) is 11.8. The van der Waals surface area contributed by atoms with Gasteiger partial charge in [-0.2, -0.15) is 0 Å². The van der Waals surface area contributed by atoms with E-state index >= 15 is 0 Å². The molecule has 186 valence electrons. The third-order valence-corrected chi connectivity index (χ3v) is 5.70. The number of nitrogens with zero attached hydrogens (tertiary/aromatic N) is 5. The van der Waals surface area contributed by atoms with Crippen LogP contribution in [0.25, 0.3) is 11.2 Å². The average Bonchev–Trinajstić information content (AvgIpc) is 3.18. The van der Waals surface area contributed by atoms with Crippen LogP contribution in [0.3, 0.4) is 0 Å². The number of aliphatic hydroxyl groups is 1. The molecule has 9 heteroatoms. The number of hydrogen-bond donors (Lipinski definition) is 1. The van der Waals surface area contributed by atoms with E-state index in [1.807, 2.05) is 6.92 Å². The molecule has 0 aliphatic heterocycles. The molecule has 2 heterocycles. The minimum absolute atomic E-state index is 0. The van der Waals surface area contributed by atoms with Crippen molar-refractivity contribution in [2.45, 2.75) is 84.9 Å². The van der Waals surface area contributed by atoms with Gasteiger partial charge in [0.15, 0.2) is 11.2 Å². The Morgan fingerprint density at radius 3 is 2.30 bits per heavy atom. The second-order valence-electron chi connectivity index (χ2n) is 8.72. The van der Waals surface area contributed by atoms with Crippen molar-refractivity contribution in [2.24, 2.45) is 7.05 Å². The van der Waals surface area contributed by atoms with Gasteiger partial charge in [0.1, 0.15) is 5.60 Å². The fraction of sp³-hybridized carbons (Fsp3) is 0.708. The first-order chi connectivity index (χ1) is 15.3. The van der Waals surface area contributed by atoms with E-state index in [0.717, 1.165) is 45.2 Å². The Balaban J connectivity index is 0.00000544. The van der Waals surface area contributed by atoms with Gasteiger partial charge in [0, 0.05) is 26.6 Å². The Kier molecular flexibility index (Phi) is 11.9. The number of hydrogen-bond acceptors (Lipinski definition) is 5. The van der Waals surface area contributed by atoms with Gasteiger partial charge in [-0.1, -0.05) is 45.5 Å². The summed E-state index contributed by atoms with van der Waals surface area (Å²) in [5.41, 5.74) is -1.29.